The molecule has 0 aromatic heterocycles. The smallest absolute Gasteiger partial charge is 0.254 e. The molecule has 0 fully saturated rings. The fraction of sp³-hybridized carbons (Fsp3) is 0.538. The van der Waals surface area contributed by atoms with Crippen molar-refractivity contribution in [2.45, 2.75) is 38.9 Å². The van der Waals surface area contributed by atoms with Crippen molar-refractivity contribution in [3.63, 3.8) is 0 Å². The molecular formula is C13H19NO2Si. The van der Waals surface area contributed by atoms with Crippen LogP contribution < -0.4 is 0 Å². The van der Waals surface area contributed by atoms with Gasteiger partial charge < -0.3 is 0 Å². The second kappa shape index (κ2) is 5.83. The summed E-state index contributed by atoms with van der Waals surface area (Å²) in [4.78, 5) is 23.8. The molecule has 0 saturated heterocycles. The maximum Gasteiger partial charge on any atom is 0.254 e. The van der Waals surface area contributed by atoms with Crippen molar-refractivity contribution in [3.05, 3.63) is 12.2 Å². The van der Waals surface area contributed by atoms with Gasteiger partial charge in [-0.3, -0.25) is 14.5 Å². The molecule has 0 aromatic rings. The zero-order chi connectivity index (χ0) is 12.9. The van der Waals surface area contributed by atoms with Crippen LogP contribution in [0.3, 0.4) is 0 Å². The molecule has 4 heteroatoms. The Kier molecular flexibility index (Phi) is 4.70. The van der Waals surface area contributed by atoms with Gasteiger partial charge in [0.2, 0.25) is 0 Å². The van der Waals surface area contributed by atoms with Crippen molar-refractivity contribution < 1.29 is 9.59 Å². The molecular weight excluding hydrogens is 230 g/mol. The summed E-state index contributed by atoms with van der Waals surface area (Å²) in [7, 11) is -1.46. The normalized spacial score (nSPS) is 15.1. The van der Waals surface area contributed by atoms with Gasteiger partial charge >= 0.3 is 0 Å². The third-order valence-corrected chi connectivity index (χ3v) is 8.29. The van der Waals surface area contributed by atoms with E-state index in [0.29, 0.717) is 0 Å². The lowest BCUT2D eigenvalue weighted by molar-refractivity contribution is -0.135. The summed E-state index contributed by atoms with van der Waals surface area (Å²) in [5.41, 5.74) is 3.37. The first-order valence-corrected chi connectivity index (χ1v) is 8.74. The minimum atomic E-state index is -1.46. The lowest BCUT2D eigenvalue weighted by Gasteiger charge is -2.20. The number of carbonyl (C=O) groups excluding carboxylic acids is 2. The first-order valence-electron chi connectivity index (χ1n) is 6.12. The molecule has 1 aliphatic heterocycles. The molecule has 0 radical (unpaired) electrons. The Labute approximate surface area is 104 Å². The molecule has 0 saturated carbocycles. The molecule has 0 spiro atoms. The molecule has 17 heavy (non-hydrogen) atoms. The van der Waals surface area contributed by atoms with E-state index in [9.17, 15) is 9.59 Å². The van der Waals surface area contributed by atoms with Gasteiger partial charge in [0, 0.05) is 12.2 Å². The zero-order valence-corrected chi connectivity index (χ0v) is 11.7. The maximum absolute atomic E-state index is 11.3. The van der Waals surface area contributed by atoms with Crippen molar-refractivity contribution in [3.8, 4) is 11.5 Å². The minimum Gasteiger partial charge on any atom is -0.269 e. The summed E-state index contributed by atoms with van der Waals surface area (Å²) in [6.45, 7) is 6.78. The van der Waals surface area contributed by atoms with Crippen molar-refractivity contribution in [1.29, 1.82) is 0 Å². The predicted octanol–water partition coefficient (Wildman–Crippen LogP) is 1.96. The van der Waals surface area contributed by atoms with Gasteiger partial charge in [-0.1, -0.05) is 26.7 Å². The van der Waals surface area contributed by atoms with Gasteiger partial charge in [-0.2, -0.15) is 0 Å². The highest BCUT2D eigenvalue weighted by molar-refractivity contribution is 6.87. The molecule has 1 rings (SSSR count). The Bertz CT molecular complexity index is 373. The molecule has 0 atom stereocenters. The lowest BCUT2D eigenvalue weighted by Crippen LogP contribution is -2.32. The van der Waals surface area contributed by atoms with Gasteiger partial charge in [0.1, 0.15) is 8.07 Å². The van der Waals surface area contributed by atoms with Crippen LogP contribution in [0.4, 0.5) is 0 Å². The highest BCUT2D eigenvalue weighted by Gasteiger charge is 2.25. The van der Waals surface area contributed by atoms with Gasteiger partial charge in [0.25, 0.3) is 11.8 Å². The van der Waals surface area contributed by atoms with Crippen LogP contribution in [0.25, 0.3) is 0 Å². The third kappa shape index (κ3) is 3.07. The quantitative estimate of drug-likeness (QED) is 0.434. The highest BCUT2D eigenvalue weighted by Crippen LogP contribution is 2.18. The Balaban J connectivity index is 2.67. The van der Waals surface area contributed by atoms with E-state index < -0.39 is 8.07 Å². The fourth-order valence-corrected chi connectivity index (χ4v) is 4.39. The first kappa shape index (κ1) is 13.7. The van der Waals surface area contributed by atoms with E-state index in [1.165, 1.54) is 17.1 Å². The van der Waals surface area contributed by atoms with Crippen LogP contribution in [0, 0.1) is 11.5 Å². The number of hydrogen-bond donors (Lipinski definition) is 0. The molecule has 1 heterocycles. The molecule has 0 aromatic carbocycles. The van der Waals surface area contributed by atoms with Crippen LogP contribution in [0.15, 0.2) is 12.2 Å². The van der Waals surface area contributed by atoms with E-state index in [0.717, 1.165) is 18.1 Å². The number of imide groups is 1. The summed E-state index contributed by atoms with van der Waals surface area (Å²) in [6, 6.07) is 3.40. The van der Waals surface area contributed by atoms with Crippen molar-refractivity contribution in [2.75, 3.05) is 6.54 Å². The summed E-state index contributed by atoms with van der Waals surface area (Å²) in [6.07, 6.45) is 2.60. The summed E-state index contributed by atoms with van der Waals surface area (Å²) < 4.78 is 0. The molecule has 0 aliphatic carbocycles. The van der Waals surface area contributed by atoms with Crippen LogP contribution in [0.2, 0.25) is 18.1 Å². The molecule has 0 N–H and O–H groups in total. The third-order valence-electron chi connectivity index (χ3n) is 3.52. The van der Waals surface area contributed by atoms with Gasteiger partial charge in [-0.15, -0.1) is 5.54 Å². The van der Waals surface area contributed by atoms with Crippen LogP contribution in [-0.2, 0) is 9.59 Å². The number of carbonyl (C=O) groups is 2. The average molecular weight is 249 g/mol. The molecule has 92 valence electrons. The van der Waals surface area contributed by atoms with Crippen molar-refractivity contribution >= 4 is 19.9 Å². The number of rotatable bonds is 4. The minimum absolute atomic E-state index is 0.236. The standard InChI is InChI=1S/C13H19NO2Si/c1-4-17(5-2,6-3)11-7-10-14-12(15)8-9-13(14)16/h8-9H,4-6,10H2,1-3H3. The Morgan fingerprint density at radius 2 is 1.53 bits per heavy atom. The number of hydrogen-bond acceptors (Lipinski definition) is 2. The monoisotopic (exact) mass is 249 g/mol. The highest BCUT2D eigenvalue weighted by atomic mass is 28.3. The van der Waals surface area contributed by atoms with E-state index in [1.54, 1.807) is 0 Å². The zero-order valence-electron chi connectivity index (χ0n) is 10.7. The fourth-order valence-electron chi connectivity index (χ4n) is 1.91. The maximum atomic E-state index is 11.3. The topological polar surface area (TPSA) is 37.4 Å². The SMILES string of the molecule is CC[Si](C#CCN1C(=O)C=CC1=O)(CC)CC. The summed E-state index contributed by atoms with van der Waals surface area (Å²) >= 11 is 0. The Hall–Kier alpha value is -1.34. The predicted molar refractivity (Wildman–Crippen MR) is 70.8 cm³/mol. The van der Waals surface area contributed by atoms with Gasteiger partial charge in [-0.25, -0.2) is 0 Å². The van der Waals surface area contributed by atoms with E-state index >= 15 is 0 Å². The van der Waals surface area contributed by atoms with Crippen LogP contribution in [0.5, 0.6) is 0 Å². The summed E-state index contributed by atoms with van der Waals surface area (Å²) in [5.74, 6) is 2.54. The van der Waals surface area contributed by atoms with E-state index in [-0.39, 0.29) is 18.4 Å². The van der Waals surface area contributed by atoms with Gasteiger partial charge in [-0.05, 0) is 18.1 Å². The van der Waals surface area contributed by atoms with Crippen LogP contribution in [0.1, 0.15) is 20.8 Å². The van der Waals surface area contributed by atoms with Crippen LogP contribution >= 0.6 is 0 Å². The average Bonchev–Trinajstić information content (AvgIpc) is 2.66. The Morgan fingerprint density at radius 3 is 1.94 bits per heavy atom. The van der Waals surface area contributed by atoms with Crippen molar-refractivity contribution in [1.82, 2.24) is 4.90 Å². The number of nitrogens with zero attached hydrogens (tertiary/aromatic N) is 1. The first-order chi connectivity index (χ1) is 8.08. The molecule has 0 unspecified atom stereocenters. The second-order valence-corrected chi connectivity index (χ2v) is 9.17. The van der Waals surface area contributed by atoms with E-state index in [4.69, 9.17) is 0 Å². The second-order valence-electron chi connectivity index (χ2n) is 4.24. The van der Waals surface area contributed by atoms with Crippen molar-refractivity contribution in [2.24, 2.45) is 0 Å². The molecule has 2 amide bonds. The van der Waals surface area contributed by atoms with E-state index in [1.807, 2.05) is 0 Å². The largest absolute Gasteiger partial charge is 0.269 e. The Morgan fingerprint density at radius 1 is 1.06 bits per heavy atom. The lowest BCUT2D eigenvalue weighted by atomic mass is 10.5. The molecule has 1 aliphatic rings. The molecule has 3 nitrogen and oxygen atoms in total. The van der Waals surface area contributed by atoms with Gasteiger partial charge in [0.15, 0.2) is 0 Å². The number of amides is 2. The summed E-state index contributed by atoms with van der Waals surface area (Å²) in [5, 5.41) is 0. The van der Waals surface area contributed by atoms with E-state index in [2.05, 4.69) is 32.2 Å². The van der Waals surface area contributed by atoms with Crippen LogP contribution in [-0.4, -0.2) is 31.3 Å². The molecule has 0 bridgehead atoms. The van der Waals surface area contributed by atoms with Gasteiger partial charge in [0.05, 0.1) is 6.54 Å².